The van der Waals surface area contributed by atoms with Crippen LogP contribution >= 0.6 is 11.3 Å². The summed E-state index contributed by atoms with van der Waals surface area (Å²) in [5.74, 6) is 0.870. The first kappa shape index (κ1) is 13.6. The molecule has 0 spiro atoms. The average molecular weight is 266 g/mol. The third kappa shape index (κ3) is 3.12. The Balaban J connectivity index is 1.96. The molecule has 1 fully saturated rings. The minimum atomic E-state index is -0.469. The van der Waals surface area contributed by atoms with Crippen LogP contribution < -0.4 is 5.73 Å². The molecule has 1 aromatic rings. The van der Waals surface area contributed by atoms with Gasteiger partial charge in [-0.2, -0.15) is 0 Å². The van der Waals surface area contributed by atoms with Crippen LogP contribution in [0.4, 0.5) is 0 Å². The largest absolute Gasteiger partial charge is 0.341 e. The van der Waals surface area contributed by atoms with Crippen LogP contribution in [0.5, 0.6) is 0 Å². The van der Waals surface area contributed by atoms with Crippen molar-refractivity contribution in [3.63, 3.8) is 0 Å². The monoisotopic (exact) mass is 266 g/mol. The Kier molecular flexibility index (Phi) is 4.78. The maximum atomic E-state index is 12.4. The summed E-state index contributed by atoms with van der Waals surface area (Å²) in [6, 6.07) is 3.42. The van der Waals surface area contributed by atoms with E-state index in [4.69, 9.17) is 5.73 Å². The second kappa shape index (κ2) is 6.34. The van der Waals surface area contributed by atoms with Crippen molar-refractivity contribution in [3.05, 3.63) is 22.4 Å². The van der Waals surface area contributed by atoms with Crippen molar-refractivity contribution in [2.75, 3.05) is 13.1 Å². The lowest BCUT2D eigenvalue weighted by Crippen LogP contribution is -2.38. The van der Waals surface area contributed by atoms with Gasteiger partial charge in [-0.05, 0) is 36.6 Å². The lowest BCUT2D eigenvalue weighted by atomic mass is 9.98. The molecule has 2 N–H and O–H groups in total. The van der Waals surface area contributed by atoms with Crippen molar-refractivity contribution in [1.29, 1.82) is 0 Å². The molecule has 0 radical (unpaired) electrons. The predicted octanol–water partition coefficient (Wildman–Crippen LogP) is 2.79. The molecule has 0 saturated carbocycles. The van der Waals surface area contributed by atoms with Gasteiger partial charge in [-0.1, -0.05) is 19.4 Å². The summed E-state index contributed by atoms with van der Waals surface area (Å²) in [5.41, 5.74) is 6.05. The number of thiophene rings is 1. The fraction of sp³-hybridized carbons (Fsp3) is 0.643. The topological polar surface area (TPSA) is 46.3 Å². The zero-order valence-electron chi connectivity index (χ0n) is 11.0. The molecule has 2 heterocycles. The van der Waals surface area contributed by atoms with Gasteiger partial charge in [0, 0.05) is 18.0 Å². The van der Waals surface area contributed by atoms with Gasteiger partial charge in [0.2, 0.25) is 5.91 Å². The van der Waals surface area contributed by atoms with Crippen LogP contribution in [-0.4, -0.2) is 23.9 Å². The first-order valence-corrected chi connectivity index (χ1v) is 7.68. The van der Waals surface area contributed by atoms with E-state index < -0.39 is 6.04 Å². The molecule has 1 aliphatic heterocycles. The van der Waals surface area contributed by atoms with Crippen molar-refractivity contribution in [2.24, 2.45) is 11.7 Å². The van der Waals surface area contributed by atoms with Gasteiger partial charge in [-0.15, -0.1) is 11.3 Å². The van der Waals surface area contributed by atoms with Crippen molar-refractivity contribution >= 4 is 17.2 Å². The van der Waals surface area contributed by atoms with E-state index in [-0.39, 0.29) is 5.91 Å². The molecule has 0 aliphatic carbocycles. The van der Waals surface area contributed by atoms with E-state index in [0.717, 1.165) is 36.7 Å². The highest BCUT2D eigenvalue weighted by molar-refractivity contribution is 7.10. The number of rotatable bonds is 3. The summed E-state index contributed by atoms with van der Waals surface area (Å²) in [6.07, 6.45) is 4.70. The quantitative estimate of drug-likeness (QED) is 0.914. The molecular weight excluding hydrogens is 244 g/mol. The fourth-order valence-corrected chi connectivity index (χ4v) is 3.30. The van der Waals surface area contributed by atoms with Gasteiger partial charge in [0.25, 0.3) is 0 Å². The third-order valence-corrected chi connectivity index (χ3v) is 4.81. The number of carbonyl (C=O) groups excluding carboxylic acids is 1. The molecule has 0 aromatic carbocycles. The van der Waals surface area contributed by atoms with Crippen LogP contribution in [0.2, 0.25) is 0 Å². The van der Waals surface area contributed by atoms with Gasteiger partial charge in [-0.3, -0.25) is 4.79 Å². The number of hydrogen-bond acceptors (Lipinski definition) is 3. The van der Waals surface area contributed by atoms with Crippen LogP contribution in [0.25, 0.3) is 0 Å². The highest BCUT2D eigenvalue weighted by atomic mass is 32.1. The molecule has 1 saturated heterocycles. The number of hydrogen-bond donors (Lipinski definition) is 1. The Hall–Kier alpha value is -0.870. The van der Waals surface area contributed by atoms with Gasteiger partial charge in [0.15, 0.2) is 0 Å². The Labute approximate surface area is 113 Å². The van der Waals surface area contributed by atoms with Crippen LogP contribution in [0.1, 0.15) is 43.5 Å². The minimum Gasteiger partial charge on any atom is -0.341 e. The molecule has 100 valence electrons. The molecule has 1 aliphatic rings. The zero-order valence-corrected chi connectivity index (χ0v) is 11.8. The Morgan fingerprint density at radius 2 is 2.39 bits per heavy atom. The molecule has 2 atom stereocenters. The number of likely N-dealkylation sites (tertiary alicyclic amines) is 1. The number of nitrogens with zero attached hydrogens (tertiary/aromatic N) is 1. The highest BCUT2D eigenvalue weighted by Gasteiger charge is 2.25. The SMILES string of the molecule is CCC1CCCN(C(=O)C(N)c2cccs2)CC1. The molecule has 3 nitrogen and oxygen atoms in total. The van der Waals surface area contributed by atoms with Crippen molar-refractivity contribution in [2.45, 2.75) is 38.6 Å². The maximum Gasteiger partial charge on any atom is 0.244 e. The third-order valence-electron chi connectivity index (χ3n) is 3.85. The molecule has 1 amide bonds. The predicted molar refractivity (Wildman–Crippen MR) is 75.5 cm³/mol. The lowest BCUT2D eigenvalue weighted by Gasteiger charge is -2.23. The lowest BCUT2D eigenvalue weighted by molar-refractivity contribution is -0.132. The number of carbonyl (C=O) groups is 1. The molecule has 4 heteroatoms. The molecule has 1 aromatic heterocycles. The summed E-state index contributed by atoms with van der Waals surface area (Å²) in [4.78, 5) is 15.3. The highest BCUT2D eigenvalue weighted by Crippen LogP contribution is 2.23. The summed E-state index contributed by atoms with van der Waals surface area (Å²) in [5, 5.41) is 1.97. The average Bonchev–Trinajstić information content (AvgIpc) is 2.82. The van der Waals surface area contributed by atoms with E-state index in [1.807, 2.05) is 22.4 Å². The first-order valence-electron chi connectivity index (χ1n) is 6.80. The van der Waals surface area contributed by atoms with Gasteiger partial charge in [-0.25, -0.2) is 0 Å². The molecule has 2 rings (SSSR count). The van der Waals surface area contributed by atoms with E-state index in [2.05, 4.69) is 6.92 Å². The normalized spacial score (nSPS) is 22.6. The van der Waals surface area contributed by atoms with Crippen LogP contribution in [0, 0.1) is 5.92 Å². The van der Waals surface area contributed by atoms with Gasteiger partial charge in [0.05, 0.1) is 0 Å². The van der Waals surface area contributed by atoms with Crippen LogP contribution in [-0.2, 0) is 4.79 Å². The summed E-state index contributed by atoms with van der Waals surface area (Å²) in [6.45, 7) is 3.98. The zero-order chi connectivity index (χ0) is 13.0. The molecular formula is C14H22N2OS. The number of nitrogens with two attached hydrogens (primary N) is 1. The van der Waals surface area contributed by atoms with Crippen molar-refractivity contribution in [3.8, 4) is 0 Å². The van der Waals surface area contributed by atoms with Crippen LogP contribution in [0.15, 0.2) is 17.5 Å². The van der Waals surface area contributed by atoms with E-state index in [0.29, 0.717) is 0 Å². The van der Waals surface area contributed by atoms with Gasteiger partial charge >= 0.3 is 0 Å². The van der Waals surface area contributed by atoms with Gasteiger partial charge in [0.1, 0.15) is 6.04 Å². The molecule has 18 heavy (non-hydrogen) atoms. The van der Waals surface area contributed by atoms with E-state index in [9.17, 15) is 4.79 Å². The molecule has 0 bridgehead atoms. The Morgan fingerprint density at radius 1 is 1.56 bits per heavy atom. The molecule has 2 unspecified atom stereocenters. The summed E-state index contributed by atoms with van der Waals surface area (Å²) >= 11 is 1.56. The Morgan fingerprint density at radius 3 is 3.06 bits per heavy atom. The standard InChI is InChI=1S/C14H22N2OS/c1-2-11-5-3-8-16(9-7-11)14(17)13(15)12-6-4-10-18-12/h4,6,10-11,13H,2-3,5,7-9,15H2,1H3. The minimum absolute atomic E-state index is 0.0919. The smallest absolute Gasteiger partial charge is 0.244 e. The summed E-state index contributed by atoms with van der Waals surface area (Å²) < 4.78 is 0. The van der Waals surface area contributed by atoms with Crippen molar-refractivity contribution < 1.29 is 4.79 Å². The number of amides is 1. The second-order valence-corrected chi connectivity index (χ2v) is 6.00. The van der Waals surface area contributed by atoms with Gasteiger partial charge < -0.3 is 10.6 Å². The van der Waals surface area contributed by atoms with E-state index in [1.165, 1.54) is 12.8 Å². The van der Waals surface area contributed by atoms with E-state index in [1.54, 1.807) is 11.3 Å². The second-order valence-electron chi connectivity index (χ2n) is 5.02. The summed E-state index contributed by atoms with van der Waals surface area (Å²) in [7, 11) is 0. The fourth-order valence-electron chi connectivity index (χ4n) is 2.58. The Bertz CT molecular complexity index is 377. The van der Waals surface area contributed by atoms with Crippen LogP contribution in [0.3, 0.4) is 0 Å². The van der Waals surface area contributed by atoms with Crippen molar-refractivity contribution in [1.82, 2.24) is 4.90 Å². The van der Waals surface area contributed by atoms with E-state index >= 15 is 0 Å². The first-order chi connectivity index (χ1) is 8.72. The maximum absolute atomic E-state index is 12.4.